The van der Waals surface area contributed by atoms with Gasteiger partial charge in [-0.25, -0.2) is 4.79 Å². The van der Waals surface area contributed by atoms with Crippen LogP contribution in [0.15, 0.2) is 12.4 Å². The highest BCUT2D eigenvalue weighted by Crippen LogP contribution is 2.55. The molecule has 1 aromatic rings. The van der Waals surface area contributed by atoms with Crippen molar-refractivity contribution in [2.24, 2.45) is 5.41 Å². The van der Waals surface area contributed by atoms with E-state index in [9.17, 15) is 4.79 Å². The van der Waals surface area contributed by atoms with Crippen molar-refractivity contribution < 1.29 is 9.53 Å². The lowest BCUT2D eigenvalue weighted by molar-refractivity contribution is 0.0205. The van der Waals surface area contributed by atoms with E-state index in [-0.39, 0.29) is 12.1 Å². The van der Waals surface area contributed by atoms with E-state index in [1.165, 1.54) is 12.8 Å². The Morgan fingerprint density at radius 2 is 2.24 bits per heavy atom. The molecule has 3 rings (SSSR count). The second-order valence-electron chi connectivity index (χ2n) is 7.35. The molecule has 5 nitrogen and oxygen atoms in total. The summed E-state index contributed by atoms with van der Waals surface area (Å²) in [6, 6.07) is 0.193. The second kappa shape index (κ2) is 5.14. The first kappa shape index (κ1) is 15.1. The van der Waals surface area contributed by atoms with Crippen molar-refractivity contribution >= 4 is 28.7 Å². The fourth-order valence-electron chi connectivity index (χ4n) is 3.06. The molecule has 116 valence electrons. The van der Waals surface area contributed by atoms with E-state index in [0.29, 0.717) is 5.41 Å². The van der Waals surface area contributed by atoms with Gasteiger partial charge in [-0.3, -0.25) is 4.68 Å². The third-order valence-corrected chi connectivity index (χ3v) is 4.76. The molecule has 1 aliphatic carbocycles. The Hall–Kier alpha value is -0.790. The SMILES string of the molecule is CC(C)(C)OC(=O)N1CC2(CC2)CC1Cn1cc(I)cn1. The fraction of sp³-hybridized carbons (Fsp3) is 0.733. The van der Waals surface area contributed by atoms with Gasteiger partial charge in [0.05, 0.1) is 22.4 Å². The van der Waals surface area contributed by atoms with Gasteiger partial charge in [0.25, 0.3) is 0 Å². The first-order valence-corrected chi connectivity index (χ1v) is 8.52. The Kier molecular flexibility index (Phi) is 3.70. The van der Waals surface area contributed by atoms with Crippen molar-refractivity contribution in [3.8, 4) is 0 Å². The van der Waals surface area contributed by atoms with Crippen molar-refractivity contribution in [2.75, 3.05) is 6.54 Å². The van der Waals surface area contributed by atoms with E-state index >= 15 is 0 Å². The van der Waals surface area contributed by atoms with E-state index in [1.807, 2.05) is 42.7 Å². The van der Waals surface area contributed by atoms with Gasteiger partial charge < -0.3 is 9.64 Å². The number of aromatic nitrogens is 2. The van der Waals surface area contributed by atoms with Gasteiger partial charge in [0.15, 0.2) is 0 Å². The number of likely N-dealkylation sites (tertiary alicyclic amines) is 1. The van der Waals surface area contributed by atoms with Crippen LogP contribution >= 0.6 is 22.6 Å². The minimum Gasteiger partial charge on any atom is -0.444 e. The molecule has 1 unspecified atom stereocenters. The molecule has 1 amide bonds. The smallest absolute Gasteiger partial charge is 0.410 e. The predicted molar refractivity (Wildman–Crippen MR) is 88.0 cm³/mol. The number of carbonyl (C=O) groups is 1. The minimum atomic E-state index is -0.442. The summed E-state index contributed by atoms with van der Waals surface area (Å²) in [4.78, 5) is 14.4. The summed E-state index contributed by atoms with van der Waals surface area (Å²) in [6.07, 6.45) is 7.23. The fourth-order valence-corrected chi connectivity index (χ4v) is 3.50. The topological polar surface area (TPSA) is 47.4 Å². The molecule has 1 aliphatic heterocycles. The molecule has 1 saturated carbocycles. The van der Waals surface area contributed by atoms with Crippen molar-refractivity contribution in [3.63, 3.8) is 0 Å². The van der Waals surface area contributed by atoms with Crippen LogP contribution in [-0.4, -0.2) is 39.0 Å². The van der Waals surface area contributed by atoms with Crippen molar-refractivity contribution in [2.45, 2.75) is 58.2 Å². The van der Waals surface area contributed by atoms with Crippen LogP contribution in [-0.2, 0) is 11.3 Å². The van der Waals surface area contributed by atoms with Crippen molar-refractivity contribution in [1.29, 1.82) is 0 Å². The molecule has 1 saturated heterocycles. The van der Waals surface area contributed by atoms with Gasteiger partial charge in [-0.1, -0.05) is 0 Å². The maximum Gasteiger partial charge on any atom is 0.410 e. The Morgan fingerprint density at radius 3 is 2.76 bits per heavy atom. The van der Waals surface area contributed by atoms with Gasteiger partial charge in [0.2, 0.25) is 0 Å². The van der Waals surface area contributed by atoms with Crippen LogP contribution in [0.2, 0.25) is 0 Å². The predicted octanol–water partition coefficient (Wildman–Crippen LogP) is 3.28. The summed E-state index contributed by atoms with van der Waals surface area (Å²) in [7, 11) is 0. The molecular weight excluding hydrogens is 381 g/mol. The zero-order chi connectivity index (χ0) is 15.3. The largest absolute Gasteiger partial charge is 0.444 e. The van der Waals surface area contributed by atoms with Crippen molar-refractivity contribution in [3.05, 3.63) is 16.0 Å². The van der Waals surface area contributed by atoms with Crippen LogP contribution in [0.1, 0.15) is 40.0 Å². The number of amides is 1. The highest BCUT2D eigenvalue weighted by Gasteiger charge is 2.53. The van der Waals surface area contributed by atoms with E-state index < -0.39 is 5.60 Å². The number of hydrogen-bond donors (Lipinski definition) is 0. The lowest BCUT2D eigenvalue weighted by Gasteiger charge is -2.28. The molecule has 1 spiro atoms. The average molecular weight is 403 g/mol. The molecule has 6 heteroatoms. The summed E-state index contributed by atoms with van der Waals surface area (Å²) in [5.41, 5.74) is -0.0795. The van der Waals surface area contributed by atoms with E-state index in [0.717, 1.165) is 23.1 Å². The zero-order valence-electron chi connectivity index (χ0n) is 12.8. The lowest BCUT2D eigenvalue weighted by atomic mass is 10.0. The quantitative estimate of drug-likeness (QED) is 0.713. The summed E-state index contributed by atoms with van der Waals surface area (Å²) >= 11 is 2.25. The van der Waals surface area contributed by atoms with E-state index in [2.05, 4.69) is 27.7 Å². The zero-order valence-corrected chi connectivity index (χ0v) is 15.0. The highest BCUT2D eigenvalue weighted by atomic mass is 127. The maximum atomic E-state index is 12.5. The van der Waals surface area contributed by atoms with Crippen LogP contribution in [0, 0.1) is 8.99 Å². The first-order chi connectivity index (χ1) is 9.76. The molecule has 0 aromatic carbocycles. The van der Waals surface area contributed by atoms with E-state index in [4.69, 9.17) is 4.74 Å². The van der Waals surface area contributed by atoms with Crippen LogP contribution < -0.4 is 0 Å². The molecular formula is C15H22IN3O2. The normalized spacial score (nSPS) is 23.6. The van der Waals surface area contributed by atoms with Crippen molar-refractivity contribution in [1.82, 2.24) is 14.7 Å². The Labute approximate surface area is 139 Å². The van der Waals surface area contributed by atoms with Gasteiger partial charge in [-0.05, 0) is 68.0 Å². The number of ether oxygens (including phenoxy) is 1. The molecule has 0 radical (unpaired) electrons. The number of halogens is 1. The van der Waals surface area contributed by atoms with Crippen LogP contribution in [0.3, 0.4) is 0 Å². The second-order valence-corrected chi connectivity index (χ2v) is 8.59. The molecule has 0 bridgehead atoms. The highest BCUT2D eigenvalue weighted by molar-refractivity contribution is 14.1. The average Bonchev–Trinajstić information content (AvgIpc) is 2.80. The van der Waals surface area contributed by atoms with Gasteiger partial charge in [0, 0.05) is 12.7 Å². The summed E-state index contributed by atoms with van der Waals surface area (Å²) in [6.45, 7) is 7.34. The number of rotatable bonds is 2. The molecule has 2 fully saturated rings. The standard InChI is InChI=1S/C15H22IN3O2/c1-14(2,3)21-13(20)19-10-15(4-5-15)6-12(19)9-18-8-11(16)7-17-18/h7-8,12H,4-6,9-10H2,1-3H3. The van der Waals surface area contributed by atoms with Crippen LogP contribution in [0.5, 0.6) is 0 Å². The maximum absolute atomic E-state index is 12.5. The molecule has 2 aliphatic rings. The summed E-state index contributed by atoms with van der Waals surface area (Å²) in [5.74, 6) is 0. The summed E-state index contributed by atoms with van der Waals surface area (Å²) < 4.78 is 8.63. The van der Waals surface area contributed by atoms with Gasteiger partial charge in [-0.15, -0.1) is 0 Å². The summed E-state index contributed by atoms with van der Waals surface area (Å²) in [5, 5.41) is 4.35. The third kappa shape index (κ3) is 3.52. The first-order valence-electron chi connectivity index (χ1n) is 7.44. The van der Waals surface area contributed by atoms with Crippen LogP contribution in [0.4, 0.5) is 4.79 Å². The molecule has 0 N–H and O–H groups in total. The Morgan fingerprint density at radius 1 is 1.52 bits per heavy atom. The Bertz CT molecular complexity index is 545. The Balaban J connectivity index is 1.72. The number of hydrogen-bond acceptors (Lipinski definition) is 3. The minimum absolute atomic E-state index is 0.182. The van der Waals surface area contributed by atoms with Gasteiger partial charge in [-0.2, -0.15) is 5.10 Å². The van der Waals surface area contributed by atoms with Crippen LogP contribution in [0.25, 0.3) is 0 Å². The molecule has 1 aromatic heterocycles. The monoisotopic (exact) mass is 403 g/mol. The third-order valence-electron chi connectivity index (χ3n) is 4.20. The number of carbonyl (C=O) groups excluding carboxylic acids is 1. The molecule has 2 heterocycles. The van der Waals surface area contributed by atoms with E-state index in [1.54, 1.807) is 0 Å². The van der Waals surface area contributed by atoms with Gasteiger partial charge >= 0.3 is 6.09 Å². The lowest BCUT2D eigenvalue weighted by Crippen LogP contribution is -2.41. The molecule has 21 heavy (non-hydrogen) atoms. The molecule has 1 atom stereocenters. The number of nitrogens with zero attached hydrogens (tertiary/aromatic N) is 3. The van der Waals surface area contributed by atoms with Gasteiger partial charge in [0.1, 0.15) is 5.60 Å².